The SMILES string of the molecule is CCCCCCCCCCCCCOC(=O)C(CCCCCCCCCCCCC)CCC(=O)O. The normalized spacial score (nSPS) is 12.1. The molecule has 0 heterocycles. The molecule has 0 bridgehead atoms. The zero-order valence-electron chi connectivity index (χ0n) is 23.6. The summed E-state index contributed by atoms with van der Waals surface area (Å²) in [5.74, 6) is -1.25. The first-order valence-electron chi connectivity index (χ1n) is 15.5. The van der Waals surface area contributed by atoms with Crippen LogP contribution in [0.5, 0.6) is 0 Å². The Morgan fingerprint density at radius 2 is 0.914 bits per heavy atom. The topological polar surface area (TPSA) is 63.6 Å². The summed E-state index contributed by atoms with van der Waals surface area (Å²) in [6.07, 6.45) is 29.3. The third-order valence-electron chi connectivity index (χ3n) is 7.19. The molecule has 1 N–H and O–H groups in total. The van der Waals surface area contributed by atoms with Crippen LogP contribution in [0.25, 0.3) is 0 Å². The van der Waals surface area contributed by atoms with E-state index in [0.29, 0.717) is 13.0 Å². The van der Waals surface area contributed by atoms with Crippen molar-refractivity contribution in [2.75, 3.05) is 6.61 Å². The lowest BCUT2D eigenvalue weighted by Gasteiger charge is -2.15. The highest BCUT2D eigenvalue weighted by Crippen LogP contribution is 2.20. The lowest BCUT2D eigenvalue weighted by Crippen LogP contribution is -2.19. The first-order valence-corrected chi connectivity index (χ1v) is 15.5. The number of carbonyl (C=O) groups excluding carboxylic acids is 1. The van der Waals surface area contributed by atoms with Gasteiger partial charge >= 0.3 is 11.9 Å². The minimum absolute atomic E-state index is 0.0518. The Morgan fingerprint density at radius 3 is 1.31 bits per heavy atom. The summed E-state index contributed by atoms with van der Waals surface area (Å²) in [5.41, 5.74) is 0. The van der Waals surface area contributed by atoms with Crippen LogP contribution in [0.2, 0.25) is 0 Å². The van der Waals surface area contributed by atoms with Gasteiger partial charge in [0.05, 0.1) is 12.5 Å². The van der Waals surface area contributed by atoms with Gasteiger partial charge in [-0.2, -0.15) is 0 Å². The molecule has 1 atom stereocenters. The predicted octanol–water partition coefficient (Wildman–Crippen LogP) is 10.0. The Balaban J connectivity index is 3.79. The molecule has 0 fully saturated rings. The second kappa shape index (κ2) is 27.5. The van der Waals surface area contributed by atoms with Crippen LogP contribution in [-0.2, 0) is 14.3 Å². The zero-order valence-corrected chi connectivity index (χ0v) is 23.6. The molecular weight excluding hydrogens is 436 g/mol. The van der Waals surface area contributed by atoms with Gasteiger partial charge in [0.25, 0.3) is 0 Å². The van der Waals surface area contributed by atoms with Crippen molar-refractivity contribution in [3.8, 4) is 0 Å². The summed E-state index contributed by atoms with van der Waals surface area (Å²) in [5, 5.41) is 9.04. The van der Waals surface area contributed by atoms with Gasteiger partial charge in [-0.1, -0.05) is 149 Å². The molecule has 1 unspecified atom stereocenters. The number of ether oxygens (including phenoxy) is 1. The van der Waals surface area contributed by atoms with Crippen LogP contribution in [0.3, 0.4) is 0 Å². The van der Waals surface area contributed by atoms with Gasteiger partial charge in [0.15, 0.2) is 0 Å². The van der Waals surface area contributed by atoms with E-state index in [0.717, 1.165) is 32.1 Å². The molecule has 0 aliphatic heterocycles. The summed E-state index contributed by atoms with van der Waals surface area (Å²) in [7, 11) is 0. The molecule has 4 nitrogen and oxygen atoms in total. The Kier molecular flexibility index (Phi) is 26.7. The summed E-state index contributed by atoms with van der Waals surface area (Å²) in [6, 6.07) is 0. The van der Waals surface area contributed by atoms with Gasteiger partial charge in [0.1, 0.15) is 0 Å². The molecule has 0 spiro atoms. The monoisotopic (exact) mass is 496 g/mol. The van der Waals surface area contributed by atoms with Crippen molar-refractivity contribution in [3.63, 3.8) is 0 Å². The maximum Gasteiger partial charge on any atom is 0.308 e. The van der Waals surface area contributed by atoms with Crippen molar-refractivity contribution in [3.05, 3.63) is 0 Å². The fraction of sp³-hybridized carbons (Fsp3) is 0.935. The van der Waals surface area contributed by atoms with Crippen molar-refractivity contribution in [2.24, 2.45) is 5.92 Å². The van der Waals surface area contributed by atoms with Crippen LogP contribution in [0, 0.1) is 5.92 Å². The third kappa shape index (κ3) is 25.8. The van der Waals surface area contributed by atoms with E-state index < -0.39 is 5.97 Å². The van der Waals surface area contributed by atoms with E-state index in [2.05, 4.69) is 13.8 Å². The molecule has 208 valence electrons. The second-order valence-corrected chi connectivity index (χ2v) is 10.7. The van der Waals surface area contributed by atoms with Gasteiger partial charge in [-0.15, -0.1) is 0 Å². The zero-order chi connectivity index (χ0) is 25.8. The molecule has 0 rings (SSSR count). The lowest BCUT2D eigenvalue weighted by atomic mass is 9.95. The lowest BCUT2D eigenvalue weighted by molar-refractivity contribution is -0.149. The Labute approximate surface area is 218 Å². The minimum Gasteiger partial charge on any atom is -0.481 e. The molecule has 0 aromatic rings. The van der Waals surface area contributed by atoms with Crippen LogP contribution in [-0.4, -0.2) is 23.7 Å². The van der Waals surface area contributed by atoms with Crippen molar-refractivity contribution >= 4 is 11.9 Å². The highest BCUT2D eigenvalue weighted by molar-refractivity contribution is 5.74. The molecular formula is C31H60O4. The fourth-order valence-electron chi connectivity index (χ4n) is 4.79. The number of rotatable bonds is 28. The molecule has 0 radical (unpaired) electrons. The number of unbranched alkanes of at least 4 members (excludes halogenated alkanes) is 20. The number of carboxylic acid groups (broad SMARTS) is 1. The third-order valence-corrected chi connectivity index (χ3v) is 7.19. The standard InChI is InChI=1S/C31H60O4/c1-3-5-7-9-11-13-15-17-19-21-23-25-29(26-27-30(32)33)31(34)35-28-24-22-20-18-16-14-12-10-8-6-4-2/h29H,3-28H2,1-2H3,(H,32,33). The summed E-state index contributed by atoms with van der Waals surface area (Å²) in [4.78, 5) is 23.5. The molecule has 35 heavy (non-hydrogen) atoms. The largest absolute Gasteiger partial charge is 0.481 e. The van der Waals surface area contributed by atoms with Crippen LogP contribution in [0.15, 0.2) is 0 Å². The number of carbonyl (C=O) groups is 2. The molecule has 0 aromatic carbocycles. The Bertz CT molecular complexity index is 463. The Hall–Kier alpha value is -1.06. The highest BCUT2D eigenvalue weighted by Gasteiger charge is 2.20. The molecule has 0 saturated carbocycles. The summed E-state index contributed by atoms with van der Waals surface area (Å²) >= 11 is 0. The summed E-state index contributed by atoms with van der Waals surface area (Å²) in [6.45, 7) is 5.00. The number of carboxylic acids is 1. The molecule has 0 aliphatic carbocycles. The van der Waals surface area contributed by atoms with Crippen molar-refractivity contribution in [1.29, 1.82) is 0 Å². The van der Waals surface area contributed by atoms with Crippen LogP contribution in [0.4, 0.5) is 0 Å². The van der Waals surface area contributed by atoms with E-state index in [1.165, 1.54) is 116 Å². The van der Waals surface area contributed by atoms with E-state index in [1.54, 1.807) is 0 Å². The van der Waals surface area contributed by atoms with E-state index in [9.17, 15) is 9.59 Å². The molecule has 0 saturated heterocycles. The maximum absolute atomic E-state index is 12.5. The molecule has 4 heteroatoms. The van der Waals surface area contributed by atoms with Crippen molar-refractivity contribution in [1.82, 2.24) is 0 Å². The van der Waals surface area contributed by atoms with Crippen LogP contribution < -0.4 is 0 Å². The van der Waals surface area contributed by atoms with Gasteiger partial charge < -0.3 is 9.84 Å². The van der Waals surface area contributed by atoms with Gasteiger partial charge in [0, 0.05) is 6.42 Å². The van der Waals surface area contributed by atoms with Crippen molar-refractivity contribution in [2.45, 2.75) is 174 Å². The van der Waals surface area contributed by atoms with Gasteiger partial charge in [0.2, 0.25) is 0 Å². The quantitative estimate of drug-likeness (QED) is 0.0864. The van der Waals surface area contributed by atoms with E-state index in [-0.39, 0.29) is 18.3 Å². The van der Waals surface area contributed by atoms with Gasteiger partial charge in [-0.05, 0) is 19.3 Å². The first kappa shape index (κ1) is 33.9. The smallest absolute Gasteiger partial charge is 0.308 e. The average Bonchev–Trinajstić information content (AvgIpc) is 2.84. The van der Waals surface area contributed by atoms with Crippen molar-refractivity contribution < 1.29 is 19.4 Å². The van der Waals surface area contributed by atoms with E-state index in [1.807, 2.05) is 0 Å². The van der Waals surface area contributed by atoms with Gasteiger partial charge in [-0.3, -0.25) is 9.59 Å². The fourth-order valence-corrected chi connectivity index (χ4v) is 4.79. The average molecular weight is 497 g/mol. The number of aliphatic carboxylic acids is 1. The number of hydrogen-bond acceptors (Lipinski definition) is 3. The van der Waals surface area contributed by atoms with Crippen LogP contribution >= 0.6 is 0 Å². The van der Waals surface area contributed by atoms with Crippen LogP contribution in [0.1, 0.15) is 174 Å². The van der Waals surface area contributed by atoms with Gasteiger partial charge in [-0.25, -0.2) is 0 Å². The molecule has 0 aliphatic rings. The van der Waals surface area contributed by atoms with E-state index in [4.69, 9.17) is 9.84 Å². The first-order chi connectivity index (χ1) is 17.1. The second-order valence-electron chi connectivity index (χ2n) is 10.7. The summed E-state index contributed by atoms with van der Waals surface area (Å²) < 4.78 is 5.54. The molecule has 0 aromatic heterocycles. The number of esters is 1. The minimum atomic E-state index is -0.827. The van der Waals surface area contributed by atoms with E-state index >= 15 is 0 Å². The number of hydrogen-bond donors (Lipinski definition) is 1. The Morgan fingerprint density at radius 1 is 0.543 bits per heavy atom. The highest BCUT2D eigenvalue weighted by atomic mass is 16.5. The predicted molar refractivity (Wildman–Crippen MR) is 149 cm³/mol. The maximum atomic E-state index is 12.5. The molecule has 0 amide bonds.